The Bertz CT molecular complexity index is 663. The lowest BCUT2D eigenvalue weighted by Gasteiger charge is -2.16. The Kier molecular flexibility index (Phi) is 9.07. The molecule has 2 rings (SSSR count). The van der Waals surface area contributed by atoms with Crippen molar-refractivity contribution in [2.75, 3.05) is 13.7 Å². The average Bonchev–Trinajstić information content (AvgIpc) is 2.63. The predicted octanol–water partition coefficient (Wildman–Crippen LogP) is 5.62. The molecule has 0 aliphatic heterocycles. The SMILES string of the molecule is CC.CCc1cc(CCCO)cc(C)c1Oc1ccc(OC)c(C)c1. The summed E-state index contributed by atoms with van der Waals surface area (Å²) in [6.07, 6.45) is 2.60. The first kappa shape index (κ1) is 21.0. The second-order valence-corrected chi connectivity index (χ2v) is 5.82. The molecule has 0 fully saturated rings. The van der Waals surface area contributed by atoms with E-state index >= 15 is 0 Å². The molecule has 0 atom stereocenters. The molecular formula is C22H32O3. The van der Waals surface area contributed by atoms with E-state index in [9.17, 15) is 0 Å². The number of methoxy groups -OCH3 is 1. The molecule has 0 aliphatic rings. The summed E-state index contributed by atoms with van der Waals surface area (Å²) in [5.74, 6) is 2.62. The van der Waals surface area contributed by atoms with Gasteiger partial charge in [0.25, 0.3) is 0 Å². The van der Waals surface area contributed by atoms with Crippen molar-refractivity contribution in [1.29, 1.82) is 0 Å². The number of hydrogen-bond acceptors (Lipinski definition) is 3. The third kappa shape index (κ3) is 5.79. The zero-order valence-electron chi connectivity index (χ0n) is 16.5. The number of aliphatic hydroxyl groups is 1. The minimum absolute atomic E-state index is 0.226. The number of aliphatic hydroxyl groups excluding tert-OH is 1. The summed E-state index contributed by atoms with van der Waals surface area (Å²) in [5, 5.41) is 9.01. The lowest BCUT2D eigenvalue weighted by atomic mass is 10.00. The molecule has 2 aromatic rings. The van der Waals surface area contributed by atoms with E-state index in [2.05, 4.69) is 26.0 Å². The van der Waals surface area contributed by atoms with Crippen LogP contribution in [0.4, 0.5) is 0 Å². The highest BCUT2D eigenvalue weighted by atomic mass is 16.5. The molecule has 0 bridgehead atoms. The lowest BCUT2D eigenvalue weighted by molar-refractivity contribution is 0.288. The van der Waals surface area contributed by atoms with Crippen molar-refractivity contribution in [3.63, 3.8) is 0 Å². The van der Waals surface area contributed by atoms with Gasteiger partial charge in [0.05, 0.1) is 7.11 Å². The van der Waals surface area contributed by atoms with Gasteiger partial charge in [-0.3, -0.25) is 0 Å². The molecule has 0 saturated carbocycles. The van der Waals surface area contributed by atoms with Crippen LogP contribution in [-0.4, -0.2) is 18.8 Å². The molecule has 1 N–H and O–H groups in total. The molecule has 138 valence electrons. The van der Waals surface area contributed by atoms with E-state index in [1.807, 2.05) is 39.0 Å². The van der Waals surface area contributed by atoms with E-state index in [0.29, 0.717) is 0 Å². The molecule has 0 spiro atoms. The molecule has 0 radical (unpaired) electrons. The maximum absolute atomic E-state index is 9.01. The maximum Gasteiger partial charge on any atom is 0.133 e. The molecule has 3 heteroatoms. The van der Waals surface area contributed by atoms with Crippen LogP contribution in [0.15, 0.2) is 30.3 Å². The number of hydrogen-bond donors (Lipinski definition) is 1. The summed E-state index contributed by atoms with van der Waals surface area (Å²) in [5.41, 5.74) is 4.64. The Balaban J connectivity index is 0.00000151. The first-order valence-electron chi connectivity index (χ1n) is 9.14. The largest absolute Gasteiger partial charge is 0.496 e. The van der Waals surface area contributed by atoms with Crippen molar-refractivity contribution in [1.82, 2.24) is 0 Å². The van der Waals surface area contributed by atoms with E-state index in [1.165, 1.54) is 11.1 Å². The smallest absolute Gasteiger partial charge is 0.133 e. The van der Waals surface area contributed by atoms with Gasteiger partial charge in [0.1, 0.15) is 17.2 Å². The van der Waals surface area contributed by atoms with Gasteiger partial charge in [-0.05, 0) is 73.6 Å². The molecule has 0 aliphatic carbocycles. The van der Waals surface area contributed by atoms with Crippen molar-refractivity contribution in [2.45, 2.75) is 53.9 Å². The highest BCUT2D eigenvalue weighted by molar-refractivity contribution is 5.48. The zero-order valence-corrected chi connectivity index (χ0v) is 16.5. The molecule has 3 nitrogen and oxygen atoms in total. The minimum atomic E-state index is 0.226. The molecule has 0 saturated heterocycles. The third-order valence-corrected chi connectivity index (χ3v) is 4.00. The second-order valence-electron chi connectivity index (χ2n) is 5.82. The Morgan fingerprint density at radius 2 is 1.72 bits per heavy atom. The van der Waals surface area contributed by atoms with E-state index in [1.54, 1.807) is 7.11 Å². The topological polar surface area (TPSA) is 38.7 Å². The molecule has 2 aromatic carbocycles. The number of ether oxygens (including phenoxy) is 2. The monoisotopic (exact) mass is 344 g/mol. The van der Waals surface area contributed by atoms with Gasteiger partial charge in [-0.2, -0.15) is 0 Å². The van der Waals surface area contributed by atoms with Crippen LogP contribution in [0.25, 0.3) is 0 Å². The number of benzene rings is 2. The van der Waals surface area contributed by atoms with Crippen molar-refractivity contribution < 1.29 is 14.6 Å². The van der Waals surface area contributed by atoms with Gasteiger partial charge >= 0.3 is 0 Å². The van der Waals surface area contributed by atoms with Crippen LogP contribution < -0.4 is 9.47 Å². The van der Waals surface area contributed by atoms with Gasteiger partial charge < -0.3 is 14.6 Å². The molecule has 0 amide bonds. The van der Waals surface area contributed by atoms with E-state index in [-0.39, 0.29) is 6.61 Å². The van der Waals surface area contributed by atoms with Crippen LogP contribution in [0.5, 0.6) is 17.2 Å². The van der Waals surface area contributed by atoms with Gasteiger partial charge in [0.15, 0.2) is 0 Å². The maximum atomic E-state index is 9.01. The van der Waals surface area contributed by atoms with E-state index in [0.717, 1.165) is 47.6 Å². The van der Waals surface area contributed by atoms with Crippen LogP contribution in [0.2, 0.25) is 0 Å². The number of rotatable bonds is 7. The van der Waals surface area contributed by atoms with Gasteiger partial charge in [0, 0.05) is 6.61 Å². The molecular weight excluding hydrogens is 312 g/mol. The van der Waals surface area contributed by atoms with Crippen molar-refractivity contribution in [3.05, 3.63) is 52.6 Å². The van der Waals surface area contributed by atoms with Crippen LogP contribution in [-0.2, 0) is 12.8 Å². The molecule has 0 unspecified atom stereocenters. The van der Waals surface area contributed by atoms with Crippen LogP contribution in [0.3, 0.4) is 0 Å². The van der Waals surface area contributed by atoms with E-state index in [4.69, 9.17) is 14.6 Å². The molecule has 25 heavy (non-hydrogen) atoms. The number of aryl methyl sites for hydroxylation is 4. The Labute approximate surface area is 152 Å². The normalized spacial score (nSPS) is 10.0. The minimum Gasteiger partial charge on any atom is -0.496 e. The molecule has 0 aromatic heterocycles. The quantitative estimate of drug-likeness (QED) is 0.708. The average molecular weight is 344 g/mol. The fourth-order valence-corrected chi connectivity index (χ4v) is 2.80. The van der Waals surface area contributed by atoms with Crippen molar-refractivity contribution >= 4 is 0 Å². The fraction of sp³-hybridized carbons (Fsp3) is 0.455. The summed E-state index contributed by atoms with van der Waals surface area (Å²) in [6.45, 7) is 10.4. The zero-order chi connectivity index (χ0) is 18.8. The van der Waals surface area contributed by atoms with E-state index < -0.39 is 0 Å². The Morgan fingerprint density at radius 1 is 1.00 bits per heavy atom. The van der Waals surface area contributed by atoms with Crippen LogP contribution in [0.1, 0.15) is 49.4 Å². The lowest BCUT2D eigenvalue weighted by Crippen LogP contribution is -1.98. The third-order valence-electron chi connectivity index (χ3n) is 4.00. The summed E-state index contributed by atoms with van der Waals surface area (Å²) < 4.78 is 11.5. The van der Waals surface area contributed by atoms with Crippen LogP contribution in [0, 0.1) is 13.8 Å². The van der Waals surface area contributed by atoms with Gasteiger partial charge in [0.2, 0.25) is 0 Å². The Morgan fingerprint density at radius 3 is 2.28 bits per heavy atom. The summed E-state index contributed by atoms with van der Waals surface area (Å²) in [7, 11) is 1.67. The van der Waals surface area contributed by atoms with Crippen molar-refractivity contribution in [2.24, 2.45) is 0 Å². The molecule has 0 heterocycles. The predicted molar refractivity (Wildman–Crippen MR) is 105 cm³/mol. The highest BCUT2D eigenvalue weighted by Gasteiger charge is 2.11. The first-order valence-corrected chi connectivity index (χ1v) is 9.14. The fourth-order valence-electron chi connectivity index (χ4n) is 2.80. The van der Waals surface area contributed by atoms with Crippen molar-refractivity contribution in [3.8, 4) is 17.2 Å². The summed E-state index contributed by atoms with van der Waals surface area (Å²) in [4.78, 5) is 0. The van der Waals surface area contributed by atoms with Gasteiger partial charge in [-0.1, -0.05) is 32.9 Å². The second kappa shape index (κ2) is 10.8. The highest BCUT2D eigenvalue weighted by Crippen LogP contribution is 2.33. The summed E-state index contributed by atoms with van der Waals surface area (Å²) in [6, 6.07) is 10.2. The standard InChI is InChI=1S/C20H26O3.C2H6/c1-5-17-13-16(7-6-10-21)11-15(3)20(17)23-18-8-9-19(22-4)14(2)12-18;1-2/h8-9,11-13,21H,5-7,10H2,1-4H3;1-2H3. The Hall–Kier alpha value is -2.00. The van der Waals surface area contributed by atoms with Gasteiger partial charge in [-0.15, -0.1) is 0 Å². The van der Waals surface area contributed by atoms with Crippen LogP contribution >= 0.6 is 0 Å². The summed E-state index contributed by atoms with van der Waals surface area (Å²) >= 11 is 0. The first-order chi connectivity index (χ1) is 12.1. The van der Waals surface area contributed by atoms with Gasteiger partial charge in [-0.25, -0.2) is 0 Å².